The number of carbonyl (C=O) groups is 1. The predicted octanol–water partition coefficient (Wildman–Crippen LogP) is 4.37. The van der Waals surface area contributed by atoms with Crippen LogP contribution in [0.3, 0.4) is 0 Å². The van der Waals surface area contributed by atoms with Gasteiger partial charge in [-0.2, -0.15) is 0 Å². The highest BCUT2D eigenvalue weighted by Crippen LogP contribution is 2.22. The number of carbonyl (C=O) groups excluding carboxylic acids is 1. The van der Waals surface area contributed by atoms with E-state index in [9.17, 15) is 4.79 Å². The number of nitrogens with zero attached hydrogens (tertiary/aromatic N) is 3. The summed E-state index contributed by atoms with van der Waals surface area (Å²) in [7, 11) is 0. The van der Waals surface area contributed by atoms with E-state index in [4.69, 9.17) is 4.42 Å². The van der Waals surface area contributed by atoms with Crippen LogP contribution in [0.15, 0.2) is 59.3 Å². The smallest absolute Gasteiger partial charge is 0.255 e. The molecule has 1 aliphatic heterocycles. The lowest BCUT2D eigenvalue weighted by atomic mass is 10.1. The number of benzene rings is 2. The molecule has 1 aliphatic rings. The van der Waals surface area contributed by atoms with E-state index in [1.807, 2.05) is 12.1 Å². The summed E-state index contributed by atoms with van der Waals surface area (Å²) in [5, 5.41) is 10.5. The summed E-state index contributed by atoms with van der Waals surface area (Å²) in [6.45, 7) is 2.22. The van der Waals surface area contributed by atoms with E-state index in [-0.39, 0.29) is 5.91 Å². The van der Waals surface area contributed by atoms with Gasteiger partial charge in [0.15, 0.2) is 0 Å². The fourth-order valence-electron chi connectivity index (χ4n) is 3.35. The van der Waals surface area contributed by atoms with Gasteiger partial charge in [-0.3, -0.25) is 4.79 Å². The Bertz CT molecular complexity index is 866. The van der Waals surface area contributed by atoms with Crippen LogP contribution in [0.5, 0.6) is 0 Å². The average molecular weight is 362 g/mol. The van der Waals surface area contributed by atoms with Gasteiger partial charge in [0, 0.05) is 35.6 Å². The fourth-order valence-corrected chi connectivity index (χ4v) is 3.35. The Hall–Kier alpha value is -3.15. The number of anilines is 2. The second-order valence-corrected chi connectivity index (χ2v) is 6.72. The van der Waals surface area contributed by atoms with Crippen molar-refractivity contribution in [2.45, 2.75) is 25.7 Å². The standard InChI is InChI=1S/C21H22N4O2/c26-20(16-5-7-17(8-6-16)21-24-22-15-27-21)23-18-9-11-19(12-10-18)25-13-3-1-2-4-14-25/h5-12,15H,1-4,13-14H2,(H,23,26). The molecule has 0 aliphatic carbocycles. The van der Waals surface area contributed by atoms with Crippen molar-refractivity contribution in [3.8, 4) is 11.5 Å². The molecular formula is C21H22N4O2. The van der Waals surface area contributed by atoms with E-state index >= 15 is 0 Å². The molecule has 0 saturated carbocycles. The molecule has 1 saturated heterocycles. The van der Waals surface area contributed by atoms with Crippen LogP contribution >= 0.6 is 0 Å². The van der Waals surface area contributed by atoms with Crippen molar-refractivity contribution in [1.29, 1.82) is 0 Å². The lowest BCUT2D eigenvalue weighted by Crippen LogP contribution is -2.23. The molecule has 4 rings (SSSR count). The molecule has 27 heavy (non-hydrogen) atoms. The van der Waals surface area contributed by atoms with Crippen molar-refractivity contribution in [3.63, 3.8) is 0 Å². The van der Waals surface area contributed by atoms with E-state index in [0.717, 1.165) is 24.3 Å². The number of aromatic nitrogens is 2. The lowest BCUT2D eigenvalue weighted by molar-refractivity contribution is 0.102. The van der Waals surface area contributed by atoms with Crippen LogP contribution in [0.4, 0.5) is 11.4 Å². The minimum atomic E-state index is -0.144. The molecule has 6 heteroatoms. The third kappa shape index (κ3) is 4.16. The summed E-state index contributed by atoms with van der Waals surface area (Å²) in [5.74, 6) is 0.292. The Morgan fingerprint density at radius 3 is 2.26 bits per heavy atom. The van der Waals surface area contributed by atoms with Gasteiger partial charge in [0.2, 0.25) is 12.3 Å². The SMILES string of the molecule is O=C(Nc1ccc(N2CCCCCC2)cc1)c1ccc(-c2nnco2)cc1. The quantitative estimate of drug-likeness (QED) is 0.746. The summed E-state index contributed by atoms with van der Waals surface area (Å²) in [5.41, 5.74) is 3.37. The number of nitrogens with one attached hydrogen (secondary N) is 1. The van der Waals surface area contributed by atoms with Gasteiger partial charge >= 0.3 is 0 Å². The maximum absolute atomic E-state index is 12.5. The van der Waals surface area contributed by atoms with Crippen LogP contribution in [0.1, 0.15) is 36.0 Å². The Labute approximate surface area is 158 Å². The number of rotatable bonds is 4. The second-order valence-electron chi connectivity index (χ2n) is 6.72. The van der Waals surface area contributed by atoms with Crippen molar-refractivity contribution in [1.82, 2.24) is 10.2 Å². The van der Waals surface area contributed by atoms with Gasteiger partial charge in [-0.05, 0) is 61.4 Å². The molecule has 0 unspecified atom stereocenters. The van der Waals surface area contributed by atoms with Gasteiger partial charge in [0.25, 0.3) is 5.91 Å². The highest BCUT2D eigenvalue weighted by molar-refractivity contribution is 6.04. The topological polar surface area (TPSA) is 71.3 Å². The third-order valence-electron chi connectivity index (χ3n) is 4.85. The number of hydrogen-bond acceptors (Lipinski definition) is 5. The Balaban J connectivity index is 1.40. The maximum atomic E-state index is 12.5. The summed E-state index contributed by atoms with van der Waals surface area (Å²) in [6.07, 6.45) is 6.41. The maximum Gasteiger partial charge on any atom is 0.255 e. The minimum absolute atomic E-state index is 0.144. The van der Waals surface area contributed by atoms with Crippen molar-refractivity contribution in [3.05, 3.63) is 60.5 Å². The van der Waals surface area contributed by atoms with Crippen molar-refractivity contribution in [2.24, 2.45) is 0 Å². The first-order valence-corrected chi connectivity index (χ1v) is 9.32. The van der Waals surface area contributed by atoms with E-state index in [0.29, 0.717) is 11.5 Å². The van der Waals surface area contributed by atoms with Gasteiger partial charge in [-0.25, -0.2) is 0 Å². The van der Waals surface area contributed by atoms with Crippen LogP contribution in [-0.4, -0.2) is 29.2 Å². The van der Waals surface area contributed by atoms with E-state index < -0.39 is 0 Å². The monoisotopic (exact) mass is 362 g/mol. The highest BCUT2D eigenvalue weighted by Gasteiger charge is 2.11. The Kier molecular flexibility index (Phi) is 5.14. The van der Waals surface area contributed by atoms with Gasteiger partial charge in [-0.15, -0.1) is 10.2 Å². The summed E-state index contributed by atoms with van der Waals surface area (Å²) >= 11 is 0. The highest BCUT2D eigenvalue weighted by atomic mass is 16.4. The zero-order chi connectivity index (χ0) is 18.5. The van der Waals surface area contributed by atoms with Crippen molar-refractivity contribution < 1.29 is 9.21 Å². The van der Waals surface area contributed by atoms with Gasteiger partial charge < -0.3 is 14.6 Å². The number of hydrogen-bond donors (Lipinski definition) is 1. The zero-order valence-corrected chi connectivity index (χ0v) is 15.1. The first kappa shape index (κ1) is 17.3. The zero-order valence-electron chi connectivity index (χ0n) is 15.1. The second kappa shape index (κ2) is 8.03. The Morgan fingerprint density at radius 1 is 0.926 bits per heavy atom. The first-order chi connectivity index (χ1) is 13.3. The molecule has 1 fully saturated rings. The van der Waals surface area contributed by atoms with Crippen LogP contribution in [-0.2, 0) is 0 Å². The number of amides is 1. The molecule has 138 valence electrons. The van der Waals surface area contributed by atoms with Crippen LogP contribution in [0.25, 0.3) is 11.5 Å². The lowest BCUT2D eigenvalue weighted by Gasteiger charge is -2.22. The molecule has 1 aromatic heterocycles. The normalized spacial score (nSPS) is 14.6. The molecule has 2 heterocycles. The minimum Gasteiger partial charge on any atom is -0.423 e. The van der Waals surface area contributed by atoms with Crippen LogP contribution in [0, 0.1) is 0 Å². The first-order valence-electron chi connectivity index (χ1n) is 9.32. The molecule has 1 amide bonds. The summed E-state index contributed by atoms with van der Waals surface area (Å²) in [4.78, 5) is 14.9. The molecular weight excluding hydrogens is 340 g/mol. The van der Waals surface area contributed by atoms with Crippen LogP contribution < -0.4 is 10.2 Å². The van der Waals surface area contributed by atoms with Crippen molar-refractivity contribution >= 4 is 17.3 Å². The summed E-state index contributed by atoms with van der Waals surface area (Å²) in [6, 6.07) is 15.2. The van der Waals surface area contributed by atoms with Gasteiger partial charge in [-0.1, -0.05) is 12.8 Å². The molecule has 2 aromatic carbocycles. The van der Waals surface area contributed by atoms with Crippen molar-refractivity contribution in [2.75, 3.05) is 23.3 Å². The van der Waals surface area contributed by atoms with Gasteiger partial charge in [0.05, 0.1) is 0 Å². The van der Waals surface area contributed by atoms with Gasteiger partial charge in [0.1, 0.15) is 0 Å². The van der Waals surface area contributed by atoms with E-state index in [1.165, 1.54) is 37.8 Å². The fraction of sp³-hybridized carbons (Fsp3) is 0.286. The predicted molar refractivity (Wildman–Crippen MR) is 105 cm³/mol. The Morgan fingerprint density at radius 2 is 1.63 bits per heavy atom. The molecule has 3 aromatic rings. The molecule has 0 radical (unpaired) electrons. The molecule has 1 N–H and O–H groups in total. The molecule has 0 spiro atoms. The molecule has 0 atom stereocenters. The van der Waals surface area contributed by atoms with Crippen LogP contribution in [0.2, 0.25) is 0 Å². The average Bonchev–Trinajstić information content (AvgIpc) is 3.11. The van der Waals surface area contributed by atoms with E-state index in [1.54, 1.807) is 24.3 Å². The summed E-state index contributed by atoms with van der Waals surface area (Å²) < 4.78 is 5.16. The molecule has 6 nitrogen and oxygen atoms in total. The largest absolute Gasteiger partial charge is 0.423 e. The molecule has 0 bridgehead atoms. The van der Waals surface area contributed by atoms with E-state index in [2.05, 4.69) is 32.5 Å². The third-order valence-corrected chi connectivity index (χ3v) is 4.85.